The molecule has 5 N–H and O–H groups in total. The van der Waals surface area contributed by atoms with Crippen molar-refractivity contribution in [2.24, 2.45) is 5.92 Å². The van der Waals surface area contributed by atoms with Crippen LogP contribution in [0.4, 0.5) is 0 Å². The molecule has 0 rings (SSSR count). The highest BCUT2D eigenvalue weighted by Crippen LogP contribution is 2.11. The number of rotatable bonds is 36. The zero-order chi connectivity index (χ0) is 38.0. The summed E-state index contributed by atoms with van der Waals surface area (Å²) in [6.45, 7) is 9.73. The van der Waals surface area contributed by atoms with Crippen LogP contribution in [0.25, 0.3) is 0 Å². The first kappa shape index (κ1) is 48.0. The standard InChI is InChI=1S/C35H65N5O11/c1-29(2)31(43)10-11-32(44)39-17-25-47-19-7-5-14-38-34(46)13-23-51-28-35(40-30(3)42,27-50-21-9-18-41)26-49-20-8-6-15-37-33(45)12-22-48-24-16-36-4/h18,29,36H,5-17,19-28H2,1-4H3,(H,37,45)(H,38,46)(H,39,44)(H,40,42). The summed E-state index contributed by atoms with van der Waals surface area (Å²) < 4.78 is 28.2. The Balaban J connectivity index is 4.34. The number of unbranched alkanes of at least 4 members (excludes halogenated alkanes) is 2. The van der Waals surface area contributed by atoms with Crippen molar-refractivity contribution in [3.8, 4) is 0 Å². The summed E-state index contributed by atoms with van der Waals surface area (Å²) in [5, 5.41) is 14.3. The number of ketones is 1. The van der Waals surface area contributed by atoms with E-state index in [0.29, 0.717) is 71.9 Å². The first-order valence-electron chi connectivity index (χ1n) is 18.1. The van der Waals surface area contributed by atoms with E-state index in [9.17, 15) is 28.8 Å². The lowest BCUT2D eigenvalue weighted by Gasteiger charge is -2.34. The molecule has 16 nitrogen and oxygen atoms in total. The maximum atomic E-state index is 12.3. The van der Waals surface area contributed by atoms with Crippen molar-refractivity contribution in [3.63, 3.8) is 0 Å². The Hall–Kier alpha value is -3.02. The zero-order valence-corrected chi connectivity index (χ0v) is 31.4. The molecule has 0 radical (unpaired) electrons. The highest BCUT2D eigenvalue weighted by atomic mass is 16.5. The average molecular weight is 732 g/mol. The van der Waals surface area contributed by atoms with Gasteiger partial charge in [0, 0.05) is 84.3 Å². The normalized spacial score (nSPS) is 12.3. The van der Waals surface area contributed by atoms with Crippen LogP contribution in [0.1, 0.15) is 78.6 Å². The van der Waals surface area contributed by atoms with E-state index in [1.807, 2.05) is 20.9 Å². The molecule has 0 aromatic rings. The van der Waals surface area contributed by atoms with E-state index in [0.717, 1.165) is 25.7 Å². The zero-order valence-electron chi connectivity index (χ0n) is 31.4. The SMILES string of the molecule is CNCCOCCC(=O)NCCCCOCC(COCCC=O)(COCCC(=O)NCCCCOCCNC(=O)CCC(=O)C(C)C)NC(C)=O. The van der Waals surface area contributed by atoms with Crippen molar-refractivity contribution in [1.29, 1.82) is 0 Å². The summed E-state index contributed by atoms with van der Waals surface area (Å²) in [6.07, 6.45) is 4.64. The molecule has 51 heavy (non-hydrogen) atoms. The van der Waals surface area contributed by atoms with Gasteiger partial charge in [-0.1, -0.05) is 13.8 Å². The van der Waals surface area contributed by atoms with Crippen LogP contribution in [0.2, 0.25) is 0 Å². The van der Waals surface area contributed by atoms with Gasteiger partial charge in [0.1, 0.15) is 17.6 Å². The third-order valence-electron chi connectivity index (χ3n) is 7.29. The number of amides is 4. The van der Waals surface area contributed by atoms with Gasteiger partial charge in [-0.3, -0.25) is 24.0 Å². The van der Waals surface area contributed by atoms with Gasteiger partial charge in [-0.05, 0) is 32.7 Å². The highest BCUT2D eigenvalue weighted by Gasteiger charge is 2.33. The third-order valence-corrected chi connectivity index (χ3v) is 7.29. The molecule has 0 fully saturated rings. The van der Waals surface area contributed by atoms with Crippen molar-refractivity contribution < 1.29 is 52.5 Å². The first-order chi connectivity index (χ1) is 24.5. The molecule has 0 aromatic heterocycles. The van der Waals surface area contributed by atoms with Crippen LogP contribution in [-0.2, 0) is 52.5 Å². The third kappa shape index (κ3) is 30.3. The Morgan fingerprint density at radius 3 is 1.65 bits per heavy atom. The Morgan fingerprint density at radius 2 is 1.08 bits per heavy atom. The number of carbonyl (C=O) groups excluding carboxylic acids is 6. The smallest absolute Gasteiger partial charge is 0.222 e. The molecule has 0 aliphatic rings. The van der Waals surface area contributed by atoms with E-state index in [1.165, 1.54) is 6.92 Å². The van der Waals surface area contributed by atoms with Crippen molar-refractivity contribution in [3.05, 3.63) is 0 Å². The Kier molecular flexibility index (Phi) is 30.9. The minimum absolute atomic E-state index is 0.0290. The topological polar surface area (TPSA) is 209 Å². The molecule has 0 bridgehead atoms. The van der Waals surface area contributed by atoms with Gasteiger partial charge in [0.05, 0.1) is 52.9 Å². The van der Waals surface area contributed by atoms with E-state index in [4.69, 9.17) is 23.7 Å². The molecular formula is C35H65N5O11. The van der Waals surface area contributed by atoms with Gasteiger partial charge in [-0.15, -0.1) is 0 Å². The fraction of sp³-hybridized carbons (Fsp3) is 0.829. The van der Waals surface area contributed by atoms with E-state index < -0.39 is 5.54 Å². The average Bonchev–Trinajstić information content (AvgIpc) is 3.09. The van der Waals surface area contributed by atoms with Gasteiger partial charge in [-0.25, -0.2) is 0 Å². The number of nitrogens with one attached hydrogen (secondary N) is 5. The summed E-state index contributed by atoms with van der Waals surface area (Å²) in [5.41, 5.74) is -1.03. The minimum Gasteiger partial charge on any atom is -0.380 e. The first-order valence-corrected chi connectivity index (χ1v) is 18.1. The van der Waals surface area contributed by atoms with E-state index in [-0.39, 0.29) is 94.0 Å². The lowest BCUT2D eigenvalue weighted by molar-refractivity contribution is -0.127. The predicted molar refractivity (Wildman–Crippen MR) is 191 cm³/mol. The number of carbonyl (C=O) groups is 6. The summed E-state index contributed by atoms with van der Waals surface area (Å²) in [4.78, 5) is 70.5. The second kappa shape index (κ2) is 32.9. The molecule has 1 unspecified atom stereocenters. The van der Waals surface area contributed by atoms with E-state index in [2.05, 4.69) is 26.6 Å². The van der Waals surface area contributed by atoms with Gasteiger partial charge in [0.25, 0.3) is 0 Å². The molecule has 0 spiro atoms. The maximum absolute atomic E-state index is 12.3. The summed E-state index contributed by atoms with van der Waals surface area (Å²) in [7, 11) is 1.84. The number of likely N-dealkylation sites (N-methyl/N-ethyl adjacent to an activating group) is 1. The molecule has 296 valence electrons. The number of hydrogen-bond acceptors (Lipinski definition) is 12. The van der Waals surface area contributed by atoms with Gasteiger partial charge in [-0.2, -0.15) is 0 Å². The molecule has 0 saturated carbocycles. The monoisotopic (exact) mass is 731 g/mol. The summed E-state index contributed by atoms with van der Waals surface area (Å²) in [5.74, 6) is -0.717. The van der Waals surface area contributed by atoms with Crippen molar-refractivity contribution in [2.75, 3.05) is 99.3 Å². The summed E-state index contributed by atoms with van der Waals surface area (Å²) in [6, 6.07) is 0. The van der Waals surface area contributed by atoms with Crippen LogP contribution in [0, 0.1) is 5.92 Å². The Labute approximate surface area is 303 Å². The van der Waals surface area contributed by atoms with Gasteiger partial charge < -0.3 is 55.1 Å². The fourth-order valence-corrected chi connectivity index (χ4v) is 4.42. The maximum Gasteiger partial charge on any atom is 0.222 e. The van der Waals surface area contributed by atoms with Crippen LogP contribution in [0.3, 0.4) is 0 Å². The summed E-state index contributed by atoms with van der Waals surface area (Å²) >= 11 is 0. The molecule has 0 aliphatic carbocycles. The second-order valence-electron chi connectivity index (χ2n) is 12.5. The fourth-order valence-electron chi connectivity index (χ4n) is 4.42. The molecule has 0 heterocycles. The molecule has 0 aliphatic heterocycles. The van der Waals surface area contributed by atoms with Crippen molar-refractivity contribution in [1.82, 2.24) is 26.6 Å². The van der Waals surface area contributed by atoms with Crippen LogP contribution in [-0.4, -0.2) is 141 Å². The lowest BCUT2D eigenvalue weighted by atomic mass is 10.0. The Morgan fingerprint density at radius 1 is 0.588 bits per heavy atom. The van der Waals surface area contributed by atoms with E-state index >= 15 is 0 Å². The number of ether oxygens (including phenoxy) is 5. The molecule has 0 saturated heterocycles. The number of hydrogen-bond donors (Lipinski definition) is 5. The minimum atomic E-state index is -1.03. The predicted octanol–water partition coefficient (Wildman–Crippen LogP) is 0.447. The van der Waals surface area contributed by atoms with E-state index in [1.54, 1.807) is 0 Å². The molecule has 0 aromatic carbocycles. The second-order valence-corrected chi connectivity index (χ2v) is 12.5. The van der Waals surface area contributed by atoms with Crippen LogP contribution in [0.5, 0.6) is 0 Å². The molecule has 4 amide bonds. The van der Waals surface area contributed by atoms with Crippen LogP contribution in [0.15, 0.2) is 0 Å². The molecular weight excluding hydrogens is 666 g/mol. The highest BCUT2D eigenvalue weighted by molar-refractivity contribution is 5.85. The quantitative estimate of drug-likeness (QED) is 0.0440. The van der Waals surface area contributed by atoms with Gasteiger partial charge in [0.2, 0.25) is 23.6 Å². The van der Waals surface area contributed by atoms with Crippen molar-refractivity contribution in [2.45, 2.75) is 84.1 Å². The molecule has 1 atom stereocenters. The number of aldehydes is 1. The van der Waals surface area contributed by atoms with Gasteiger partial charge >= 0.3 is 0 Å². The Bertz CT molecular complexity index is 970. The number of Topliss-reactive ketones (excluding diaryl/α,β-unsaturated/α-hetero) is 1. The van der Waals surface area contributed by atoms with Crippen LogP contribution >= 0.6 is 0 Å². The largest absolute Gasteiger partial charge is 0.380 e. The van der Waals surface area contributed by atoms with Gasteiger partial charge in [0.15, 0.2) is 0 Å². The molecule has 16 heteroatoms. The van der Waals surface area contributed by atoms with Crippen LogP contribution < -0.4 is 26.6 Å². The lowest BCUT2D eigenvalue weighted by Crippen LogP contribution is -2.58. The van der Waals surface area contributed by atoms with Crippen molar-refractivity contribution >= 4 is 35.7 Å².